The number of carbonyl (C=O) groups excluding carboxylic acids is 2. The van der Waals surface area contributed by atoms with Crippen LogP contribution in [0, 0.1) is 25.7 Å². The van der Waals surface area contributed by atoms with E-state index in [0.717, 1.165) is 11.1 Å². The molecule has 1 N–H and O–H groups in total. The molecular formula is C26H39BrN2O6. The van der Waals surface area contributed by atoms with Gasteiger partial charge in [0.2, 0.25) is 5.56 Å². The molecule has 2 heterocycles. The smallest absolute Gasteiger partial charge is 0.329 e. The fourth-order valence-electron chi connectivity index (χ4n) is 2.80. The Hall–Kier alpha value is -2.68. The van der Waals surface area contributed by atoms with Crippen molar-refractivity contribution in [3.63, 3.8) is 0 Å². The van der Waals surface area contributed by atoms with Crippen LogP contribution in [-0.2, 0) is 19.1 Å². The van der Waals surface area contributed by atoms with Crippen LogP contribution in [0.2, 0.25) is 0 Å². The van der Waals surface area contributed by atoms with Crippen LogP contribution in [0.5, 0.6) is 0 Å². The number of aromatic amines is 1. The highest BCUT2D eigenvalue weighted by atomic mass is 79.9. The van der Waals surface area contributed by atoms with Gasteiger partial charge in [-0.15, -0.1) is 0 Å². The number of halogens is 1. The van der Waals surface area contributed by atoms with Gasteiger partial charge in [0.25, 0.3) is 5.56 Å². The summed E-state index contributed by atoms with van der Waals surface area (Å²) in [7, 11) is 0. The molecule has 35 heavy (non-hydrogen) atoms. The lowest BCUT2D eigenvalue weighted by Crippen LogP contribution is -2.33. The first-order valence-corrected chi connectivity index (χ1v) is 12.6. The molecule has 2 aromatic heterocycles. The van der Waals surface area contributed by atoms with Crippen LogP contribution in [-0.4, -0.2) is 39.5 Å². The Kier molecular flexibility index (Phi) is 15.6. The fourth-order valence-corrected chi connectivity index (χ4v) is 2.93. The number of aromatic nitrogens is 2. The largest absolute Gasteiger partial charge is 0.465 e. The van der Waals surface area contributed by atoms with Crippen molar-refractivity contribution in [2.45, 2.75) is 66.3 Å². The third-order valence-corrected chi connectivity index (χ3v) is 6.02. The van der Waals surface area contributed by atoms with E-state index in [-0.39, 0.29) is 33.8 Å². The zero-order chi connectivity index (χ0) is 27.1. The highest BCUT2D eigenvalue weighted by molar-refractivity contribution is 9.10. The summed E-state index contributed by atoms with van der Waals surface area (Å²) >= 11 is 3.23. The number of carbonyl (C=O) groups is 2. The van der Waals surface area contributed by atoms with E-state index in [1.54, 1.807) is 32.3 Å². The van der Waals surface area contributed by atoms with Gasteiger partial charge in [0.15, 0.2) is 0 Å². The number of esters is 2. The summed E-state index contributed by atoms with van der Waals surface area (Å²) in [6.07, 6.45) is 3.29. The number of nitrogens with one attached hydrogen (secondary N) is 1. The Labute approximate surface area is 216 Å². The summed E-state index contributed by atoms with van der Waals surface area (Å²) in [5.41, 5.74) is 1.67. The summed E-state index contributed by atoms with van der Waals surface area (Å²) in [4.78, 5) is 47.4. The number of ether oxygens (including phenoxy) is 2. The van der Waals surface area contributed by atoms with Gasteiger partial charge in [-0.3, -0.25) is 14.4 Å². The fraction of sp³-hybridized carbons (Fsp3) is 0.538. The predicted octanol–water partition coefficient (Wildman–Crippen LogP) is 4.57. The summed E-state index contributed by atoms with van der Waals surface area (Å²) in [6.45, 7) is 15.8. The van der Waals surface area contributed by atoms with Crippen LogP contribution >= 0.6 is 15.9 Å². The number of rotatable bonds is 7. The number of alkyl halides is 1. The van der Waals surface area contributed by atoms with E-state index in [9.17, 15) is 19.2 Å². The average Bonchev–Trinajstić information content (AvgIpc) is 2.76. The normalized spacial score (nSPS) is 12.0. The molecule has 2 aromatic rings. The molecule has 0 amide bonds. The number of hydrogen-bond acceptors (Lipinski definition) is 6. The summed E-state index contributed by atoms with van der Waals surface area (Å²) in [6, 6.07) is 6.19. The first kappa shape index (κ1) is 32.3. The standard InChI is InChI=1S/C13H19NO3.C7H13BrO2.C6H7NO/c1-5-17-13(16)12(9(2)3)14-7-6-10(4)8-11(14)15;1-4-10-7(9)6(8)5(2)3;1-5-2-3-7-6(8)4-5/h6-9,12H,5H2,1-4H3;5-6H,4H2,1-3H3;2-4H,1H3,(H,7,8). The Balaban J connectivity index is 0.000000544. The van der Waals surface area contributed by atoms with E-state index in [0.29, 0.717) is 19.1 Å². The first-order valence-electron chi connectivity index (χ1n) is 11.7. The molecule has 8 nitrogen and oxygen atoms in total. The zero-order valence-electron chi connectivity index (χ0n) is 22.0. The molecule has 0 saturated carbocycles. The molecule has 0 radical (unpaired) electrons. The van der Waals surface area contributed by atoms with Crippen molar-refractivity contribution in [2.75, 3.05) is 13.2 Å². The van der Waals surface area contributed by atoms with Crippen molar-refractivity contribution >= 4 is 27.9 Å². The van der Waals surface area contributed by atoms with Gasteiger partial charge in [-0.05, 0) is 62.8 Å². The SMILES string of the molecule is CCOC(=O)C(Br)C(C)C.CCOC(=O)C(C(C)C)n1ccc(C)cc1=O.Cc1cc[nH]c(=O)c1. The van der Waals surface area contributed by atoms with Crippen molar-refractivity contribution < 1.29 is 19.1 Å². The average molecular weight is 556 g/mol. The van der Waals surface area contributed by atoms with Crippen LogP contribution in [0.4, 0.5) is 0 Å². The molecule has 2 unspecified atom stereocenters. The lowest BCUT2D eigenvalue weighted by molar-refractivity contribution is -0.148. The van der Waals surface area contributed by atoms with Crippen molar-refractivity contribution in [3.8, 4) is 0 Å². The Bertz CT molecular complexity index is 1030. The van der Waals surface area contributed by atoms with Crippen LogP contribution in [0.1, 0.15) is 58.7 Å². The van der Waals surface area contributed by atoms with E-state index in [1.165, 1.54) is 10.6 Å². The van der Waals surface area contributed by atoms with Gasteiger partial charge in [0.1, 0.15) is 10.9 Å². The second-order valence-corrected chi connectivity index (χ2v) is 9.51. The zero-order valence-corrected chi connectivity index (χ0v) is 23.5. The molecule has 0 aliphatic rings. The van der Waals surface area contributed by atoms with Crippen molar-refractivity contribution in [3.05, 3.63) is 68.5 Å². The number of pyridine rings is 2. The van der Waals surface area contributed by atoms with Crippen molar-refractivity contribution in [1.29, 1.82) is 0 Å². The number of hydrogen-bond donors (Lipinski definition) is 1. The molecular weight excluding hydrogens is 516 g/mol. The quantitative estimate of drug-likeness (QED) is 0.396. The molecule has 0 aromatic carbocycles. The topological polar surface area (TPSA) is 107 Å². The number of H-pyrrole nitrogens is 1. The second kappa shape index (κ2) is 16.9. The Morgan fingerprint density at radius 1 is 0.914 bits per heavy atom. The molecule has 9 heteroatoms. The highest BCUT2D eigenvalue weighted by Crippen LogP contribution is 2.17. The van der Waals surface area contributed by atoms with Gasteiger partial charge in [-0.25, -0.2) is 4.79 Å². The van der Waals surface area contributed by atoms with Crippen molar-refractivity contribution in [2.24, 2.45) is 11.8 Å². The van der Waals surface area contributed by atoms with E-state index < -0.39 is 6.04 Å². The van der Waals surface area contributed by atoms with E-state index in [4.69, 9.17) is 9.47 Å². The van der Waals surface area contributed by atoms with Crippen molar-refractivity contribution in [1.82, 2.24) is 9.55 Å². The van der Waals surface area contributed by atoms with Crippen LogP contribution in [0.3, 0.4) is 0 Å². The molecule has 0 fully saturated rings. The molecule has 0 saturated heterocycles. The third-order valence-electron chi connectivity index (χ3n) is 4.59. The molecule has 196 valence electrons. The molecule has 2 atom stereocenters. The maximum atomic E-state index is 11.8. The summed E-state index contributed by atoms with van der Waals surface area (Å²) in [5, 5.41) is 0. The summed E-state index contributed by atoms with van der Waals surface area (Å²) in [5.74, 6) is -0.223. The van der Waals surface area contributed by atoms with Crippen LogP contribution in [0.25, 0.3) is 0 Å². The molecule has 0 spiro atoms. The highest BCUT2D eigenvalue weighted by Gasteiger charge is 2.26. The maximum absolute atomic E-state index is 11.8. The van der Waals surface area contributed by atoms with E-state index in [2.05, 4.69) is 20.9 Å². The van der Waals surface area contributed by atoms with Gasteiger partial charge < -0.3 is 19.0 Å². The first-order chi connectivity index (χ1) is 16.3. The number of nitrogens with zero attached hydrogens (tertiary/aromatic N) is 1. The Morgan fingerprint density at radius 2 is 1.46 bits per heavy atom. The lowest BCUT2D eigenvalue weighted by Gasteiger charge is -2.21. The van der Waals surface area contributed by atoms with E-state index in [1.807, 2.05) is 53.7 Å². The monoisotopic (exact) mass is 554 g/mol. The molecule has 0 aliphatic heterocycles. The van der Waals surface area contributed by atoms with Gasteiger partial charge in [-0.1, -0.05) is 43.6 Å². The molecule has 2 rings (SSSR count). The summed E-state index contributed by atoms with van der Waals surface area (Å²) < 4.78 is 11.2. The van der Waals surface area contributed by atoms with Crippen LogP contribution < -0.4 is 11.1 Å². The lowest BCUT2D eigenvalue weighted by atomic mass is 10.0. The Morgan fingerprint density at radius 3 is 1.86 bits per heavy atom. The minimum atomic E-state index is -0.553. The van der Waals surface area contributed by atoms with Crippen LogP contribution in [0.15, 0.2) is 46.2 Å². The molecule has 0 bridgehead atoms. The van der Waals surface area contributed by atoms with Gasteiger partial charge in [0.05, 0.1) is 13.2 Å². The van der Waals surface area contributed by atoms with Gasteiger partial charge in [0, 0.05) is 24.5 Å². The predicted molar refractivity (Wildman–Crippen MR) is 142 cm³/mol. The van der Waals surface area contributed by atoms with E-state index >= 15 is 0 Å². The van der Waals surface area contributed by atoms with Gasteiger partial charge >= 0.3 is 11.9 Å². The second-order valence-electron chi connectivity index (χ2n) is 8.52. The minimum absolute atomic E-state index is 0.00876. The third kappa shape index (κ3) is 12.5. The maximum Gasteiger partial charge on any atom is 0.329 e. The molecule has 0 aliphatic carbocycles. The van der Waals surface area contributed by atoms with Gasteiger partial charge in [-0.2, -0.15) is 0 Å². The minimum Gasteiger partial charge on any atom is -0.465 e. The number of aryl methyl sites for hydroxylation is 2.